The molecular weight excluding hydrogens is 214 g/mol. The zero-order valence-corrected chi connectivity index (χ0v) is 11.0. The normalized spacial score (nSPS) is 11.3. The van der Waals surface area contributed by atoms with Crippen molar-refractivity contribution in [2.45, 2.75) is 32.6 Å². The third-order valence-electron chi connectivity index (χ3n) is 2.84. The van der Waals surface area contributed by atoms with Crippen LogP contribution in [-0.2, 0) is 10.2 Å². The molecule has 0 saturated carbocycles. The number of benzene rings is 1. The third-order valence-corrected chi connectivity index (χ3v) is 2.84. The quantitative estimate of drug-likeness (QED) is 0.872. The lowest BCUT2D eigenvalue weighted by atomic mass is 9.87. The van der Waals surface area contributed by atoms with E-state index in [0.29, 0.717) is 6.54 Å². The molecule has 0 radical (unpaired) electrons. The van der Waals surface area contributed by atoms with Gasteiger partial charge in [-0.05, 0) is 23.1 Å². The lowest BCUT2D eigenvalue weighted by Crippen LogP contribution is -2.21. The topological polar surface area (TPSA) is 40.5 Å². The smallest absolute Gasteiger partial charge is 0.305 e. The summed E-state index contributed by atoms with van der Waals surface area (Å²) in [6, 6.07) is 8.30. The first kappa shape index (κ1) is 13.6. The highest BCUT2D eigenvalue weighted by molar-refractivity contribution is 5.67. The fourth-order valence-corrected chi connectivity index (χ4v) is 1.61. The molecule has 0 aliphatic rings. The van der Waals surface area contributed by atoms with E-state index in [1.807, 2.05) is 24.1 Å². The number of anilines is 1. The maximum absolute atomic E-state index is 10.5. The Morgan fingerprint density at radius 3 is 2.18 bits per heavy atom. The van der Waals surface area contributed by atoms with Gasteiger partial charge < -0.3 is 10.0 Å². The van der Waals surface area contributed by atoms with Gasteiger partial charge in [0.05, 0.1) is 6.42 Å². The second-order valence-corrected chi connectivity index (χ2v) is 5.36. The highest BCUT2D eigenvalue weighted by Gasteiger charge is 2.13. The maximum atomic E-state index is 10.5. The van der Waals surface area contributed by atoms with Crippen molar-refractivity contribution in [1.29, 1.82) is 0 Å². The molecule has 1 aromatic carbocycles. The van der Waals surface area contributed by atoms with Crippen molar-refractivity contribution < 1.29 is 9.90 Å². The summed E-state index contributed by atoms with van der Waals surface area (Å²) in [7, 11) is 1.91. The predicted molar refractivity (Wildman–Crippen MR) is 70.7 cm³/mol. The van der Waals surface area contributed by atoms with Gasteiger partial charge in [0.15, 0.2) is 0 Å². The van der Waals surface area contributed by atoms with E-state index in [4.69, 9.17) is 5.11 Å². The molecule has 17 heavy (non-hydrogen) atoms. The molecular formula is C14H21NO2. The van der Waals surface area contributed by atoms with Crippen molar-refractivity contribution in [3.05, 3.63) is 29.8 Å². The van der Waals surface area contributed by atoms with E-state index in [2.05, 4.69) is 32.9 Å². The summed E-state index contributed by atoms with van der Waals surface area (Å²) in [6.07, 6.45) is 0.164. The number of carboxylic acid groups (broad SMARTS) is 1. The van der Waals surface area contributed by atoms with Crippen molar-refractivity contribution in [1.82, 2.24) is 0 Å². The average Bonchev–Trinajstić information content (AvgIpc) is 2.25. The number of nitrogens with zero attached hydrogens (tertiary/aromatic N) is 1. The summed E-state index contributed by atoms with van der Waals surface area (Å²) < 4.78 is 0. The van der Waals surface area contributed by atoms with E-state index in [1.54, 1.807) is 0 Å². The summed E-state index contributed by atoms with van der Waals surface area (Å²) in [6.45, 7) is 7.06. The number of aliphatic carboxylic acids is 1. The van der Waals surface area contributed by atoms with Gasteiger partial charge in [0.2, 0.25) is 0 Å². The lowest BCUT2D eigenvalue weighted by molar-refractivity contribution is -0.136. The van der Waals surface area contributed by atoms with E-state index >= 15 is 0 Å². The van der Waals surface area contributed by atoms with Gasteiger partial charge in [-0.2, -0.15) is 0 Å². The summed E-state index contributed by atoms with van der Waals surface area (Å²) in [4.78, 5) is 12.5. The Hall–Kier alpha value is -1.51. The number of hydrogen-bond donors (Lipinski definition) is 1. The molecule has 0 amide bonds. The van der Waals surface area contributed by atoms with Gasteiger partial charge in [-0.25, -0.2) is 0 Å². The van der Waals surface area contributed by atoms with Gasteiger partial charge in [-0.15, -0.1) is 0 Å². The summed E-state index contributed by atoms with van der Waals surface area (Å²) in [5.74, 6) is -0.761. The predicted octanol–water partition coefficient (Wildman–Crippen LogP) is 2.90. The van der Waals surface area contributed by atoms with Crippen LogP contribution in [0.4, 0.5) is 5.69 Å². The van der Waals surface area contributed by atoms with Gasteiger partial charge in [0.1, 0.15) is 0 Å². The van der Waals surface area contributed by atoms with Crippen LogP contribution in [-0.4, -0.2) is 24.7 Å². The van der Waals surface area contributed by atoms with E-state index < -0.39 is 5.97 Å². The first-order valence-electron chi connectivity index (χ1n) is 5.84. The molecule has 0 spiro atoms. The first-order chi connectivity index (χ1) is 7.80. The van der Waals surface area contributed by atoms with E-state index in [1.165, 1.54) is 5.56 Å². The Balaban J connectivity index is 2.70. The van der Waals surface area contributed by atoms with Gasteiger partial charge >= 0.3 is 5.97 Å². The Bertz CT molecular complexity index is 376. The van der Waals surface area contributed by atoms with E-state index in [0.717, 1.165) is 5.69 Å². The van der Waals surface area contributed by atoms with Gasteiger partial charge in [-0.3, -0.25) is 4.79 Å². The van der Waals surface area contributed by atoms with Crippen molar-refractivity contribution >= 4 is 11.7 Å². The molecule has 0 saturated heterocycles. The molecule has 0 aliphatic heterocycles. The highest BCUT2D eigenvalue weighted by atomic mass is 16.4. The maximum Gasteiger partial charge on any atom is 0.305 e. The van der Waals surface area contributed by atoms with Crippen LogP contribution in [0.3, 0.4) is 0 Å². The Morgan fingerprint density at radius 2 is 1.76 bits per heavy atom. The molecule has 1 rings (SSSR count). The van der Waals surface area contributed by atoms with Crippen LogP contribution < -0.4 is 4.90 Å². The first-order valence-corrected chi connectivity index (χ1v) is 5.84. The SMILES string of the molecule is CN(CCC(=O)O)c1ccc(C(C)(C)C)cc1. The third kappa shape index (κ3) is 4.10. The fraction of sp³-hybridized carbons (Fsp3) is 0.500. The minimum Gasteiger partial charge on any atom is -0.481 e. The van der Waals surface area contributed by atoms with Crippen LogP contribution in [0.25, 0.3) is 0 Å². The number of carboxylic acids is 1. The zero-order chi connectivity index (χ0) is 13.1. The molecule has 0 heterocycles. The fourth-order valence-electron chi connectivity index (χ4n) is 1.61. The molecule has 1 N–H and O–H groups in total. The average molecular weight is 235 g/mol. The van der Waals surface area contributed by atoms with Crippen LogP contribution in [0.2, 0.25) is 0 Å². The van der Waals surface area contributed by atoms with E-state index in [9.17, 15) is 4.79 Å². The van der Waals surface area contributed by atoms with Crippen LogP contribution in [0, 0.1) is 0 Å². The van der Waals surface area contributed by atoms with E-state index in [-0.39, 0.29) is 11.8 Å². The number of carbonyl (C=O) groups is 1. The zero-order valence-electron chi connectivity index (χ0n) is 11.0. The lowest BCUT2D eigenvalue weighted by Gasteiger charge is -2.22. The monoisotopic (exact) mass is 235 g/mol. The molecule has 94 valence electrons. The summed E-state index contributed by atoms with van der Waals surface area (Å²) in [5.41, 5.74) is 2.49. The number of hydrogen-bond acceptors (Lipinski definition) is 2. The van der Waals surface area contributed by atoms with Crippen LogP contribution >= 0.6 is 0 Å². The molecule has 3 nitrogen and oxygen atoms in total. The largest absolute Gasteiger partial charge is 0.481 e. The van der Waals surface area contributed by atoms with Crippen LogP contribution in [0.15, 0.2) is 24.3 Å². The Morgan fingerprint density at radius 1 is 1.24 bits per heavy atom. The van der Waals surface area contributed by atoms with Gasteiger partial charge in [0.25, 0.3) is 0 Å². The van der Waals surface area contributed by atoms with Crippen molar-refractivity contribution in [3.8, 4) is 0 Å². The van der Waals surface area contributed by atoms with Crippen LogP contribution in [0.1, 0.15) is 32.8 Å². The standard InChI is InChI=1S/C14H21NO2/c1-14(2,3)11-5-7-12(8-6-11)15(4)10-9-13(16)17/h5-8H,9-10H2,1-4H3,(H,16,17). The van der Waals surface area contributed by atoms with Gasteiger partial charge in [0, 0.05) is 19.3 Å². The highest BCUT2D eigenvalue weighted by Crippen LogP contribution is 2.24. The van der Waals surface area contributed by atoms with Crippen molar-refractivity contribution in [3.63, 3.8) is 0 Å². The number of rotatable bonds is 4. The van der Waals surface area contributed by atoms with Gasteiger partial charge in [-0.1, -0.05) is 32.9 Å². The molecule has 0 aromatic heterocycles. The Kier molecular flexibility index (Phi) is 4.16. The molecule has 0 atom stereocenters. The molecule has 0 bridgehead atoms. The molecule has 0 unspecified atom stereocenters. The molecule has 0 aliphatic carbocycles. The molecule has 0 fully saturated rings. The van der Waals surface area contributed by atoms with Crippen LogP contribution in [0.5, 0.6) is 0 Å². The minimum atomic E-state index is -0.761. The minimum absolute atomic E-state index is 0.151. The van der Waals surface area contributed by atoms with Crippen molar-refractivity contribution in [2.24, 2.45) is 0 Å². The second-order valence-electron chi connectivity index (χ2n) is 5.36. The van der Waals surface area contributed by atoms with Crippen molar-refractivity contribution in [2.75, 3.05) is 18.5 Å². The Labute approximate surface area is 103 Å². The molecule has 3 heteroatoms. The summed E-state index contributed by atoms with van der Waals surface area (Å²) >= 11 is 0. The second kappa shape index (κ2) is 5.21. The molecule has 1 aromatic rings. The summed E-state index contributed by atoms with van der Waals surface area (Å²) in [5, 5.41) is 8.63.